The topological polar surface area (TPSA) is 110 Å². The lowest BCUT2D eigenvalue weighted by molar-refractivity contribution is 0.0948. The van der Waals surface area contributed by atoms with Crippen LogP contribution in [-0.2, 0) is 6.54 Å². The largest absolute Gasteiger partial charge is 0.436 e. The van der Waals surface area contributed by atoms with Crippen molar-refractivity contribution in [2.45, 2.75) is 20.4 Å². The van der Waals surface area contributed by atoms with Crippen LogP contribution in [0.2, 0.25) is 0 Å². The number of hydrogen-bond donors (Lipinski definition) is 3. The summed E-state index contributed by atoms with van der Waals surface area (Å²) in [6.07, 6.45) is 0. The molecule has 4 rings (SSSR count). The van der Waals surface area contributed by atoms with Crippen molar-refractivity contribution in [1.29, 1.82) is 5.41 Å². The smallest absolute Gasteiger partial charge is 0.259 e. The summed E-state index contributed by atoms with van der Waals surface area (Å²) >= 11 is 0. The molecule has 37 heavy (non-hydrogen) atoms. The summed E-state index contributed by atoms with van der Waals surface area (Å²) in [4.78, 5) is 16.8. The summed E-state index contributed by atoms with van der Waals surface area (Å²) in [7, 11) is 0. The highest BCUT2D eigenvalue weighted by molar-refractivity contribution is 5.97. The van der Waals surface area contributed by atoms with Crippen molar-refractivity contribution in [3.8, 4) is 23.3 Å². The molecule has 1 heterocycles. The number of benzene rings is 3. The zero-order valence-corrected chi connectivity index (χ0v) is 20.1. The molecule has 0 aliphatic heterocycles. The van der Waals surface area contributed by atoms with Crippen LogP contribution in [0.25, 0.3) is 0 Å². The van der Waals surface area contributed by atoms with Gasteiger partial charge in [0.25, 0.3) is 17.7 Å². The second kappa shape index (κ2) is 10.9. The standard InChI is InChI=1S/C28H24F2N4O3/c1-16-7-5-8-18(13-16)15-33-26(35)21-11-3-4-12-22(21)37-28-24(30)17(2)23(29)27(34-28)36-20-10-6-9-19(14-20)25(31)32/h3-14H,15H2,1-2H3,(H3,31,32)(H,33,35). The van der Waals surface area contributed by atoms with Crippen LogP contribution in [0, 0.1) is 30.9 Å². The minimum absolute atomic E-state index is 0.0335. The number of nitrogens with one attached hydrogen (secondary N) is 2. The van der Waals surface area contributed by atoms with Crippen LogP contribution in [0.1, 0.15) is 32.6 Å². The Balaban J connectivity index is 1.60. The number of carbonyl (C=O) groups is 1. The summed E-state index contributed by atoms with van der Waals surface area (Å²) in [6, 6.07) is 20.1. The van der Waals surface area contributed by atoms with E-state index >= 15 is 0 Å². The average molecular weight is 503 g/mol. The van der Waals surface area contributed by atoms with Crippen LogP contribution in [0.4, 0.5) is 8.78 Å². The van der Waals surface area contributed by atoms with Crippen LogP contribution in [0.3, 0.4) is 0 Å². The van der Waals surface area contributed by atoms with E-state index in [2.05, 4.69) is 10.3 Å². The monoisotopic (exact) mass is 502 g/mol. The van der Waals surface area contributed by atoms with E-state index < -0.39 is 29.3 Å². The number of rotatable bonds is 8. The SMILES string of the molecule is Cc1cccc(CNC(=O)c2ccccc2Oc2nc(Oc3cccc(C(=N)N)c3)c(F)c(C)c2F)c1. The van der Waals surface area contributed by atoms with E-state index in [9.17, 15) is 13.6 Å². The normalized spacial score (nSPS) is 10.6. The van der Waals surface area contributed by atoms with Gasteiger partial charge in [-0.2, -0.15) is 4.98 Å². The van der Waals surface area contributed by atoms with Crippen molar-refractivity contribution in [3.63, 3.8) is 0 Å². The molecule has 0 unspecified atom stereocenters. The number of aryl methyl sites for hydroxylation is 1. The molecular weight excluding hydrogens is 478 g/mol. The van der Waals surface area contributed by atoms with E-state index in [0.29, 0.717) is 5.56 Å². The lowest BCUT2D eigenvalue weighted by Gasteiger charge is -2.14. The second-order valence-electron chi connectivity index (χ2n) is 8.29. The molecular formula is C28H24F2N4O3. The molecule has 0 radical (unpaired) electrons. The van der Waals surface area contributed by atoms with Crippen molar-refractivity contribution < 1.29 is 23.0 Å². The Morgan fingerprint density at radius 3 is 2.38 bits per heavy atom. The highest BCUT2D eigenvalue weighted by atomic mass is 19.1. The van der Waals surface area contributed by atoms with Crippen molar-refractivity contribution in [1.82, 2.24) is 10.3 Å². The quantitative estimate of drug-likeness (QED) is 0.209. The average Bonchev–Trinajstić information content (AvgIpc) is 2.89. The number of nitrogens with zero attached hydrogens (tertiary/aromatic N) is 1. The number of amides is 1. The van der Waals surface area contributed by atoms with Crippen LogP contribution < -0.4 is 20.5 Å². The maximum absolute atomic E-state index is 14.9. The van der Waals surface area contributed by atoms with Gasteiger partial charge >= 0.3 is 0 Å². The first-order chi connectivity index (χ1) is 17.7. The maximum Gasteiger partial charge on any atom is 0.259 e. The zero-order valence-electron chi connectivity index (χ0n) is 20.1. The molecule has 4 N–H and O–H groups in total. The first-order valence-corrected chi connectivity index (χ1v) is 11.3. The lowest BCUT2D eigenvalue weighted by Crippen LogP contribution is -2.23. The molecule has 0 spiro atoms. The Hall–Kier alpha value is -4.79. The number of para-hydroxylation sites is 1. The minimum Gasteiger partial charge on any atom is -0.436 e. The molecule has 1 aromatic heterocycles. The Morgan fingerprint density at radius 1 is 0.946 bits per heavy atom. The van der Waals surface area contributed by atoms with E-state index in [-0.39, 0.29) is 35.0 Å². The lowest BCUT2D eigenvalue weighted by atomic mass is 10.1. The molecule has 0 fully saturated rings. The van der Waals surface area contributed by atoms with Gasteiger partial charge in [-0.25, -0.2) is 8.78 Å². The molecule has 7 nitrogen and oxygen atoms in total. The summed E-state index contributed by atoms with van der Waals surface area (Å²) in [6.45, 7) is 3.46. The summed E-state index contributed by atoms with van der Waals surface area (Å²) in [5, 5.41) is 10.4. The Bertz CT molecular complexity index is 1490. The van der Waals surface area contributed by atoms with E-state index in [1.54, 1.807) is 24.3 Å². The van der Waals surface area contributed by atoms with Gasteiger partial charge in [-0.1, -0.05) is 54.1 Å². The highest BCUT2D eigenvalue weighted by Gasteiger charge is 2.22. The van der Waals surface area contributed by atoms with Crippen LogP contribution in [0.15, 0.2) is 72.8 Å². The van der Waals surface area contributed by atoms with E-state index in [0.717, 1.165) is 11.1 Å². The summed E-state index contributed by atoms with van der Waals surface area (Å²) in [5.74, 6) is -3.59. The predicted octanol–water partition coefficient (Wildman–Crippen LogP) is 5.78. The molecule has 0 aliphatic rings. The predicted molar refractivity (Wildman–Crippen MR) is 135 cm³/mol. The van der Waals surface area contributed by atoms with Gasteiger partial charge in [0.05, 0.1) is 5.56 Å². The molecule has 0 aliphatic carbocycles. The number of carbonyl (C=O) groups excluding carboxylic acids is 1. The van der Waals surface area contributed by atoms with E-state index in [4.69, 9.17) is 20.6 Å². The number of nitrogens with two attached hydrogens (primary N) is 1. The van der Waals surface area contributed by atoms with Crippen molar-refractivity contribution in [2.24, 2.45) is 5.73 Å². The second-order valence-corrected chi connectivity index (χ2v) is 8.29. The fourth-order valence-electron chi connectivity index (χ4n) is 3.53. The van der Waals surface area contributed by atoms with Gasteiger partial charge in [0.2, 0.25) is 0 Å². The number of aromatic nitrogens is 1. The number of hydrogen-bond acceptors (Lipinski definition) is 5. The molecule has 1 amide bonds. The van der Waals surface area contributed by atoms with Gasteiger partial charge in [-0.3, -0.25) is 10.2 Å². The van der Waals surface area contributed by atoms with E-state index in [1.165, 1.54) is 31.2 Å². The first-order valence-electron chi connectivity index (χ1n) is 11.3. The third-order valence-electron chi connectivity index (χ3n) is 5.47. The summed E-state index contributed by atoms with van der Waals surface area (Å²) in [5.41, 5.74) is 7.62. The van der Waals surface area contributed by atoms with Crippen molar-refractivity contribution >= 4 is 11.7 Å². The molecule has 4 aromatic rings. The number of pyridine rings is 1. The third kappa shape index (κ3) is 5.90. The van der Waals surface area contributed by atoms with Crippen LogP contribution in [0.5, 0.6) is 23.3 Å². The molecule has 9 heteroatoms. The molecule has 3 aromatic carbocycles. The molecule has 188 valence electrons. The van der Waals surface area contributed by atoms with Crippen molar-refractivity contribution in [3.05, 3.63) is 112 Å². The molecule has 0 bridgehead atoms. The number of halogens is 2. The highest BCUT2D eigenvalue weighted by Crippen LogP contribution is 2.34. The third-order valence-corrected chi connectivity index (χ3v) is 5.47. The van der Waals surface area contributed by atoms with Gasteiger partial charge in [-0.15, -0.1) is 0 Å². The first kappa shape index (κ1) is 25.3. The Kier molecular flexibility index (Phi) is 7.43. The van der Waals surface area contributed by atoms with Crippen molar-refractivity contribution in [2.75, 3.05) is 0 Å². The Morgan fingerprint density at radius 2 is 1.65 bits per heavy atom. The van der Waals surface area contributed by atoms with Crippen LogP contribution >= 0.6 is 0 Å². The number of ether oxygens (including phenoxy) is 2. The number of amidine groups is 1. The molecule has 0 saturated heterocycles. The van der Waals surface area contributed by atoms with Crippen LogP contribution in [-0.4, -0.2) is 16.7 Å². The zero-order chi connectivity index (χ0) is 26.5. The van der Waals surface area contributed by atoms with Gasteiger partial charge in [0, 0.05) is 17.7 Å². The fourth-order valence-corrected chi connectivity index (χ4v) is 3.53. The van der Waals surface area contributed by atoms with Gasteiger partial charge in [0.1, 0.15) is 17.3 Å². The van der Waals surface area contributed by atoms with Gasteiger partial charge < -0.3 is 20.5 Å². The molecule has 0 saturated carbocycles. The van der Waals surface area contributed by atoms with Gasteiger partial charge in [-0.05, 0) is 43.7 Å². The maximum atomic E-state index is 14.9. The fraction of sp³-hybridized carbons (Fsp3) is 0.107. The Labute approximate surface area is 212 Å². The minimum atomic E-state index is -1.03. The number of nitrogen functional groups attached to an aromatic ring is 1. The van der Waals surface area contributed by atoms with E-state index in [1.807, 2.05) is 31.2 Å². The summed E-state index contributed by atoms with van der Waals surface area (Å²) < 4.78 is 40.9. The molecule has 0 atom stereocenters. The van der Waals surface area contributed by atoms with Gasteiger partial charge in [0.15, 0.2) is 11.6 Å².